The Morgan fingerprint density at radius 1 is 0.532 bits per heavy atom. The smallest absolute Gasteiger partial charge is 0.350 e. The Morgan fingerprint density at radius 2 is 0.839 bits per heavy atom. The van der Waals surface area contributed by atoms with E-state index in [9.17, 15) is 43.4 Å². The minimum absolute atomic E-state index is 0.0665. The van der Waals surface area contributed by atoms with Crippen LogP contribution in [0.3, 0.4) is 0 Å². The van der Waals surface area contributed by atoms with Crippen LogP contribution in [0.5, 0.6) is 0 Å². The van der Waals surface area contributed by atoms with Crippen LogP contribution in [-0.4, -0.2) is 117 Å². The minimum Gasteiger partial charge on any atom is -0.481 e. The molecule has 0 aromatic rings. The number of carbonyl (C=O) groups is 4. The van der Waals surface area contributed by atoms with Crippen LogP contribution in [0.2, 0.25) is 0 Å². The minimum atomic E-state index is -4.42. The first kappa shape index (κ1) is 60.0. The summed E-state index contributed by atoms with van der Waals surface area (Å²) in [5.74, 6) is -6.51. The number of nitrogens with zero attached hydrogens (tertiary/aromatic N) is 2. The van der Waals surface area contributed by atoms with Crippen molar-refractivity contribution < 1.29 is 76.1 Å². The van der Waals surface area contributed by atoms with Crippen molar-refractivity contribution in [2.75, 3.05) is 33.0 Å². The number of aliphatic carboxylic acids is 2. The number of hydrogen-bond donors (Lipinski definition) is 3. The highest BCUT2D eigenvalue weighted by Crippen LogP contribution is 2.61. The summed E-state index contributed by atoms with van der Waals surface area (Å²) in [7, 11) is -8.36. The molecule has 0 radical (unpaired) electrons. The molecule has 0 amide bonds. The molecule has 3 N–H and O–H groups in total. The fraction of sp³-hybridized carbons (Fsp3) is 0.905. The largest absolute Gasteiger partial charge is 0.481 e. The number of ether oxygens (including phenoxy) is 2. The zero-order valence-electron chi connectivity index (χ0n) is 41.1. The van der Waals surface area contributed by atoms with Crippen LogP contribution in [-0.2, 0) is 61.0 Å². The molecule has 0 fully saturated rings. The molecule has 0 saturated carbocycles. The van der Waals surface area contributed by atoms with E-state index in [1.54, 1.807) is 83.1 Å². The second-order valence-electron chi connectivity index (χ2n) is 20.8. The Bertz CT molecular complexity index is 1550. The van der Waals surface area contributed by atoms with Crippen LogP contribution < -0.4 is 0 Å². The lowest BCUT2D eigenvalue weighted by Crippen LogP contribution is -2.56. The summed E-state index contributed by atoms with van der Waals surface area (Å²) in [5, 5.41) is 22.6. The van der Waals surface area contributed by atoms with Crippen molar-refractivity contribution in [1.82, 2.24) is 10.1 Å². The Morgan fingerprint density at radius 3 is 1.10 bits per heavy atom. The third-order valence-corrected chi connectivity index (χ3v) is 14.5. The molecular weight excluding hydrogens is 850 g/mol. The molecule has 0 saturated heterocycles. The van der Waals surface area contributed by atoms with Crippen molar-refractivity contribution in [2.24, 2.45) is 21.7 Å². The Kier molecular flexibility index (Phi) is 22.7. The van der Waals surface area contributed by atoms with Gasteiger partial charge in [0.1, 0.15) is 11.6 Å². The quantitative estimate of drug-likeness (QED) is 0.0302. The average molecular weight is 933 g/mol. The third-order valence-electron chi connectivity index (χ3n) is 9.44. The summed E-state index contributed by atoms with van der Waals surface area (Å²) in [4.78, 5) is 75.7. The number of carboxylic acids is 2. The van der Waals surface area contributed by atoms with Gasteiger partial charge in [0.2, 0.25) is 0 Å². The fourth-order valence-electron chi connectivity index (χ4n) is 6.33. The Labute approximate surface area is 371 Å². The van der Waals surface area contributed by atoms with Gasteiger partial charge in [0, 0.05) is 23.9 Å². The lowest BCUT2D eigenvalue weighted by molar-refractivity contribution is -0.271. The van der Waals surface area contributed by atoms with E-state index in [-0.39, 0.29) is 58.7 Å². The molecule has 5 unspecified atom stereocenters. The van der Waals surface area contributed by atoms with Gasteiger partial charge in [0.15, 0.2) is 12.2 Å². The van der Waals surface area contributed by atoms with E-state index in [2.05, 4.69) is 0 Å². The monoisotopic (exact) mass is 933 g/mol. The van der Waals surface area contributed by atoms with Gasteiger partial charge in [-0.05, 0) is 114 Å². The van der Waals surface area contributed by atoms with Crippen molar-refractivity contribution in [1.29, 1.82) is 0 Å². The Hall–Kier alpha value is -1.98. The van der Waals surface area contributed by atoms with E-state index < -0.39 is 95.6 Å². The molecule has 0 aromatic heterocycles. The maximum Gasteiger partial charge on any atom is 0.350 e. The normalized spacial score (nSPS) is 16.7. The molecule has 18 nitrogen and oxygen atoms in total. The Balaban J connectivity index is 6.48. The van der Waals surface area contributed by atoms with Crippen molar-refractivity contribution in [2.45, 2.75) is 192 Å². The fourth-order valence-corrected chi connectivity index (χ4v) is 11.2. The second-order valence-corrected chi connectivity index (χ2v) is 24.8. The van der Waals surface area contributed by atoms with Gasteiger partial charge in [-0.3, -0.25) is 28.4 Å². The highest BCUT2D eigenvalue weighted by molar-refractivity contribution is 7.54. The molecule has 0 aliphatic carbocycles. The molecule has 5 atom stereocenters. The predicted octanol–water partition coefficient (Wildman–Crippen LogP) is 8.89. The van der Waals surface area contributed by atoms with Crippen molar-refractivity contribution in [3.63, 3.8) is 0 Å². The van der Waals surface area contributed by atoms with Crippen LogP contribution in [0.1, 0.15) is 157 Å². The zero-order chi connectivity index (χ0) is 49.1. The van der Waals surface area contributed by atoms with Crippen molar-refractivity contribution in [3.05, 3.63) is 0 Å². The standard InChI is InChI=1S/C42H82N2O16P2/c1-20-56-61(51,52)33(37(4,5)6)43(39(10,11)12)59-29(27-41(16,17)35(47)48)31(45)54-25-23-24-26-55-32(46)30(28-42(18,19)36(49)50)60-44(40(13,14)15)34(38(7,8)9)62(53,57-21-2)58-22-3/h29-30,33-34H,20-28H2,1-19H3,(H,47,48)(H,49,50)(H,51,52). The van der Waals surface area contributed by atoms with E-state index in [0.717, 1.165) is 0 Å². The number of esters is 2. The molecule has 0 rings (SSSR count). The third kappa shape index (κ3) is 18.5. The topological polar surface area (TPSA) is 234 Å². The molecule has 20 heteroatoms. The summed E-state index contributed by atoms with van der Waals surface area (Å²) < 4.78 is 56.1. The van der Waals surface area contributed by atoms with Gasteiger partial charge in [-0.2, -0.15) is 10.1 Å². The molecule has 0 bridgehead atoms. The molecule has 366 valence electrons. The van der Waals surface area contributed by atoms with Gasteiger partial charge in [0.25, 0.3) is 0 Å². The van der Waals surface area contributed by atoms with Crippen LogP contribution in [0, 0.1) is 21.7 Å². The van der Waals surface area contributed by atoms with E-state index in [4.69, 9.17) is 32.7 Å². The number of carbonyl (C=O) groups excluding carboxylic acids is 2. The predicted molar refractivity (Wildman–Crippen MR) is 235 cm³/mol. The van der Waals surface area contributed by atoms with Gasteiger partial charge in [-0.25, -0.2) is 9.59 Å². The summed E-state index contributed by atoms with van der Waals surface area (Å²) >= 11 is 0. The van der Waals surface area contributed by atoms with Gasteiger partial charge in [-0.15, -0.1) is 0 Å². The number of hydroxylamine groups is 4. The molecule has 0 heterocycles. The first-order valence-corrected chi connectivity index (χ1v) is 24.6. The summed E-state index contributed by atoms with van der Waals surface area (Å²) in [6.45, 7) is 31.5. The molecule has 62 heavy (non-hydrogen) atoms. The van der Waals surface area contributed by atoms with E-state index in [1.807, 2.05) is 20.8 Å². The van der Waals surface area contributed by atoms with Crippen LogP contribution in [0.15, 0.2) is 0 Å². The summed E-state index contributed by atoms with van der Waals surface area (Å²) in [6.07, 6.45) is -3.32. The maximum atomic E-state index is 14.4. The van der Waals surface area contributed by atoms with Gasteiger partial charge < -0.3 is 38.2 Å². The first-order chi connectivity index (χ1) is 27.8. The van der Waals surface area contributed by atoms with Crippen molar-refractivity contribution in [3.8, 4) is 0 Å². The van der Waals surface area contributed by atoms with Crippen LogP contribution in [0.4, 0.5) is 0 Å². The van der Waals surface area contributed by atoms with Crippen LogP contribution in [0.25, 0.3) is 0 Å². The molecule has 0 aliphatic heterocycles. The first-order valence-electron chi connectivity index (χ1n) is 21.3. The molecule has 0 aromatic carbocycles. The number of unbranched alkanes of at least 4 members (excludes halogenated alkanes) is 1. The number of rotatable bonds is 27. The summed E-state index contributed by atoms with van der Waals surface area (Å²) in [5.41, 5.74) is -6.58. The number of hydrogen-bond acceptors (Lipinski definition) is 15. The highest BCUT2D eigenvalue weighted by atomic mass is 31.2. The van der Waals surface area contributed by atoms with Gasteiger partial charge in [-0.1, -0.05) is 41.5 Å². The van der Waals surface area contributed by atoms with E-state index in [1.165, 1.54) is 37.8 Å². The maximum absolute atomic E-state index is 14.4. The molecule has 0 aliphatic rings. The average Bonchev–Trinajstić information content (AvgIpc) is 3.05. The van der Waals surface area contributed by atoms with Gasteiger partial charge in [0.05, 0.1) is 43.9 Å². The lowest BCUT2D eigenvalue weighted by atomic mass is 9.87. The van der Waals surface area contributed by atoms with Crippen LogP contribution >= 0.6 is 15.2 Å². The van der Waals surface area contributed by atoms with Crippen molar-refractivity contribution >= 4 is 39.1 Å². The second kappa shape index (κ2) is 23.5. The zero-order valence-corrected chi connectivity index (χ0v) is 42.9. The lowest BCUT2D eigenvalue weighted by Gasteiger charge is -2.48. The SMILES string of the molecule is CCOP(=O)(O)C(N(OC(CC(C)(C)C(=O)O)C(=O)OCCCCOC(=O)C(CC(C)(C)C(=O)O)ON(C(C(C)(C)C)P(=O)(OCC)OCC)C(C)(C)C)C(C)(C)C)C(C)(C)C. The summed E-state index contributed by atoms with van der Waals surface area (Å²) in [6, 6.07) is 0. The van der Waals surface area contributed by atoms with Gasteiger partial charge >= 0.3 is 39.1 Å². The highest BCUT2D eigenvalue weighted by Gasteiger charge is 2.54. The molecule has 0 spiro atoms. The number of carboxylic acid groups (broad SMARTS) is 2. The van der Waals surface area contributed by atoms with E-state index >= 15 is 0 Å². The molecular formula is C42H82N2O16P2. The van der Waals surface area contributed by atoms with E-state index in [0.29, 0.717) is 0 Å².